The van der Waals surface area contributed by atoms with E-state index in [-0.39, 0.29) is 17.7 Å². The van der Waals surface area contributed by atoms with Gasteiger partial charge in [-0.05, 0) is 25.0 Å². The van der Waals surface area contributed by atoms with Gasteiger partial charge in [-0.1, -0.05) is 44.2 Å². The summed E-state index contributed by atoms with van der Waals surface area (Å²) in [4.78, 5) is 29.5. The van der Waals surface area contributed by atoms with E-state index < -0.39 is 18.1 Å². The molecule has 0 saturated heterocycles. The predicted molar refractivity (Wildman–Crippen MR) is 97.6 cm³/mol. The molecule has 0 saturated carbocycles. The Labute approximate surface area is 154 Å². The van der Waals surface area contributed by atoms with E-state index in [0.717, 1.165) is 44.9 Å². The van der Waals surface area contributed by atoms with Crippen molar-refractivity contribution in [3.05, 3.63) is 58.2 Å². The third-order valence-corrected chi connectivity index (χ3v) is 4.02. The summed E-state index contributed by atoms with van der Waals surface area (Å²) in [6.45, 7) is 14.0. The molecule has 0 aliphatic rings. The van der Waals surface area contributed by atoms with Gasteiger partial charge in [-0.25, -0.2) is 32.4 Å². The molecule has 1 aromatic rings. The Balaban J connectivity index is 2.10. The van der Waals surface area contributed by atoms with Crippen LogP contribution in [0.4, 0.5) is 0 Å². The van der Waals surface area contributed by atoms with E-state index in [4.69, 9.17) is 23.0 Å². The molecule has 0 amide bonds. The molecule has 0 fully saturated rings. The SMILES string of the molecule is [C-]#[N+]C(CCCCCCCCCOC(=O)c1ccccc1C(=O)O)[N+]#[C-]. The minimum absolute atomic E-state index is 0.0452. The Morgan fingerprint density at radius 1 is 0.923 bits per heavy atom. The highest BCUT2D eigenvalue weighted by Gasteiger charge is 2.16. The van der Waals surface area contributed by atoms with Crippen LogP contribution in [0.1, 0.15) is 72.1 Å². The lowest BCUT2D eigenvalue weighted by Crippen LogP contribution is -2.12. The quantitative estimate of drug-likeness (QED) is 0.331. The van der Waals surface area contributed by atoms with Gasteiger partial charge in [-0.2, -0.15) is 0 Å². The molecule has 1 N–H and O–H groups in total. The number of carbonyl (C=O) groups excluding carboxylic acids is 1. The number of nitrogens with zero attached hydrogens (tertiary/aromatic N) is 2. The molecule has 0 atom stereocenters. The lowest BCUT2D eigenvalue weighted by Gasteiger charge is -2.07. The number of rotatable bonds is 12. The van der Waals surface area contributed by atoms with Crippen LogP contribution in [-0.4, -0.2) is 29.8 Å². The second kappa shape index (κ2) is 12.5. The monoisotopic (exact) mass is 356 g/mol. The maximum atomic E-state index is 12.0. The van der Waals surface area contributed by atoms with Crippen molar-refractivity contribution in [1.82, 2.24) is 0 Å². The zero-order chi connectivity index (χ0) is 19.2. The maximum Gasteiger partial charge on any atom is 0.474 e. The van der Waals surface area contributed by atoms with Crippen LogP contribution in [-0.2, 0) is 4.74 Å². The molecule has 138 valence electrons. The first-order valence-electron chi connectivity index (χ1n) is 8.82. The van der Waals surface area contributed by atoms with Crippen LogP contribution >= 0.6 is 0 Å². The summed E-state index contributed by atoms with van der Waals surface area (Å²) in [5, 5.41) is 9.07. The van der Waals surface area contributed by atoms with Crippen LogP contribution < -0.4 is 0 Å². The Morgan fingerprint density at radius 3 is 2.04 bits per heavy atom. The summed E-state index contributed by atoms with van der Waals surface area (Å²) in [6, 6.07) is 6.03. The summed E-state index contributed by atoms with van der Waals surface area (Å²) in [5.41, 5.74) is 0.0355. The lowest BCUT2D eigenvalue weighted by atomic mass is 10.1. The average Bonchev–Trinajstić information content (AvgIpc) is 2.66. The molecule has 0 aromatic heterocycles. The average molecular weight is 356 g/mol. The molecule has 1 rings (SSSR count). The highest BCUT2D eigenvalue weighted by molar-refractivity contribution is 6.02. The molecular weight excluding hydrogens is 332 g/mol. The number of hydrogen-bond donors (Lipinski definition) is 1. The Hall–Kier alpha value is -2.86. The van der Waals surface area contributed by atoms with Crippen molar-refractivity contribution in [3.63, 3.8) is 0 Å². The van der Waals surface area contributed by atoms with Gasteiger partial charge in [-0.3, -0.25) is 0 Å². The number of benzene rings is 1. The fraction of sp³-hybridized carbons (Fsp3) is 0.500. The highest BCUT2D eigenvalue weighted by atomic mass is 16.5. The molecule has 1 aromatic carbocycles. The first kappa shape index (κ1) is 21.2. The number of carbonyl (C=O) groups is 2. The fourth-order valence-electron chi connectivity index (χ4n) is 2.56. The van der Waals surface area contributed by atoms with Crippen molar-refractivity contribution in [2.24, 2.45) is 0 Å². The van der Waals surface area contributed by atoms with Gasteiger partial charge in [0.1, 0.15) is 6.42 Å². The molecule has 0 heterocycles. The van der Waals surface area contributed by atoms with E-state index in [0.29, 0.717) is 6.42 Å². The van der Waals surface area contributed by atoms with Crippen molar-refractivity contribution < 1.29 is 19.4 Å². The zero-order valence-corrected chi connectivity index (χ0v) is 14.8. The number of hydrogen-bond acceptors (Lipinski definition) is 3. The van der Waals surface area contributed by atoms with Crippen molar-refractivity contribution in [3.8, 4) is 0 Å². The maximum absolute atomic E-state index is 12.0. The van der Waals surface area contributed by atoms with Gasteiger partial charge in [0.05, 0.1) is 17.7 Å². The molecule has 26 heavy (non-hydrogen) atoms. The third-order valence-electron chi connectivity index (χ3n) is 4.02. The van der Waals surface area contributed by atoms with Gasteiger partial charge in [0.25, 0.3) is 0 Å². The normalized spacial score (nSPS) is 10.1. The molecule has 0 radical (unpaired) electrons. The minimum atomic E-state index is -1.14. The molecular formula is C20H24N2O4. The van der Waals surface area contributed by atoms with E-state index in [2.05, 4.69) is 9.69 Å². The van der Waals surface area contributed by atoms with Crippen LogP contribution in [0.5, 0.6) is 0 Å². The lowest BCUT2D eigenvalue weighted by molar-refractivity contribution is 0.0487. The van der Waals surface area contributed by atoms with Gasteiger partial charge in [0.2, 0.25) is 0 Å². The number of esters is 1. The Bertz CT molecular complexity index is 659. The van der Waals surface area contributed by atoms with E-state index in [1.165, 1.54) is 12.1 Å². The molecule has 0 aliphatic heterocycles. The fourth-order valence-corrected chi connectivity index (χ4v) is 2.56. The number of aromatic carboxylic acids is 1. The van der Waals surface area contributed by atoms with Gasteiger partial charge in [0, 0.05) is 0 Å². The molecule has 0 unspecified atom stereocenters. The Morgan fingerprint density at radius 2 is 1.46 bits per heavy atom. The first-order chi connectivity index (χ1) is 12.6. The van der Waals surface area contributed by atoms with E-state index in [9.17, 15) is 9.59 Å². The van der Waals surface area contributed by atoms with Crippen molar-refractivity contribution in [1.29, 1.82) is 0 Å². The van der Waals surface area contributed by atoms with Gasteiger partial charge in [-0.15, -0.1) is 0 Å². The predicted octanol–water partition coefficient (Wildman–Crippen LogP) is 4.83. The zero-order valence-electron chi connectivity index (χ0n) is 14.8. The summed E-state index contributed by atoms with van der Waals surface area (Å²) < 4.78 is 5.16. The van der Waals surface area contributed by atoms with E-state index >= 15 is 0 Å². The Kier molecular flexibility index (Phi) is 10.2. The molecule has 0 spiro atoms. The van der Waals surface area contributed by atoms with Crippen LogP contribution in [0.3, 0.4) is 0 Å². The largest absolute Gasteiger partial charge is 0.478 e. The summed E-state index contributed by atoms with van der Waals surface area (Å²) in [6.07, 6.45) is 6.97. The third kappa shape index (κ3) is 7.81. The van der Waals surface area contributed by atoms with Gasteiger partial charge >= 0.3 is 18.1 Å². The summed E-state index contributed by atoms with van der Waals surface area (Å²) >= 11 is 0. The van der Waals surface area contributed by atoms with E-state index in [1.54, 1.807) is 12.1 Å². The number of carboxylic acids is 1. The molecule has 6 heteroatoms. The standard InChI is InChI=1S/C20H24N2O4/c1-21-18(22-2)14-8-6-4-3-5-7-11-15-26-20(25)17-13-10-9-12-16(17)19(23)24/h9-10,12-13,18H,3-8,11,14-15H2,(H,23,24). The molecule has 0 bridgehead atoms. The van der Waals surface area contributed by atoms with Crippen LogP contribution in [0, 0.1) is 13.1 Å². The van der Waals surface area contributed by atoms with Crippen molar-refractivity contribution in [2.75, 3.05) is 6.61 Å². The second-order valence-corrected chi connectivity index (χ2v) is 5.99. The smallest absolute Gasteiger partial charge is 0.474 e. The highest BCUT2D eigenvalue weighted by Crippen LogP contribution is 2.13. The first-order valence-corrected chi connectivity index (χ1v) is 8.82. The van der Waals surface area contributed by atoms with Crippen LogP contribution in [0.25, 0.3) is 9.69 Å². The second-order valence-electron chi connectivity index (χ2n) is 5.99. The summed E-state index contributed by atoms with van der Waals surface area (Å²) in [7, 11) is 0. The summed E-state index contributed by atoms with van der Waals surface area (Å²) in [5.74, 6) is -1.74. The van der Waals surface area contributed by atoms with E-state index in [1.807, 2.05) is 0 Å². The number of ether oxygens (including phenoxy) is 1. The van der Waals surface area contributed by atoms with Crippen molar-refractivity contribution in [2.45, 2.75) is 57.5 Å². The van der Waals surface area contributed by atoms with Gasteiger partial charge < -0.3 is 9.84 Å². The molecule has 6 nitrogen and oxygen atoms in total. The number of carboxylic acid groups (broad SMARTS) is 1. The topological polar surface area (TPSA) is 72.3 Å². The molecule has 0 aliphatic carbocycles. The minimum Gasteiger partial charge on any atom is -0.478 e. The van der Waals surface area contributed by atoms with Gasteiger partial charge in [0.15, 0.2) is 0 Å². The van der Waals surface area contributed by atoms with Crippen LogP contribution in [0.15, 0.2) is 24.3 Å². The van der Waals surface area contributed by atoms with Crippen LogP contribution in [0.2, 0.25) is 0 Å². The van der Waals surface area contributed by atoms with Crippen molar-refractivity contribution >= 4 is 11.9 Å². The number of unbranched alkanes of at least 4 members (excludes halogenated alkanes) is 6.